The Morgan fingerprint density at radius 1 is 1.29 bits per heavy atom. The lowest BCUT2D eigenvalue weighted by Gasteiger charge is -2.01. The molecule has 3 rings (SSSR count). The number of hydrogen-bond donors (Lipinski definition) is 1. The number of aromatic nitrogens is 1. The molecular formula is C15H14N2O2S2. The highest BCUT2D eigenvalue weighted by Crippen LogP contribution is 2.26. The Bertz CT molecular complexity index is 715. The number of thiophene rings is 2. The van der Waals surface area contributed by atoms with Crippen molar-refractivity contribution in [2.75, 3.05) is 0 Å². The van der Waals surface area contributed by atoms with Crippen LogP contribution in [0.4, 0.5) is 0 Å². The van der Waals surface area contributed by atoms with Gasteiger partial charge in [-0.05, 0) is 29.8 Å². The first-order valence-electron chi connectivity index (χ1n) is 6.51. The van der Waals surface area contributed by atoms with Gasteiger partial charge >= 0.3 is 0 Å². The summed E-state index contributed by atoms with van der Waals surface area (Å²) >= 11 is 3.20. The summed E-state index contributed by atoms with van der Waals surface area (Å²) in [5.74, 6) is 1.24. The van der Waals surface area contributed by atoms with E-state index in [0.717, 1.165) is 9.75 Å². The van der Waals surface area contributed by atoms with Gasteiger partial charge in [0.1, 0.15) is 5.76 Å². The van der Waals surface area contributed by atoms with Crippen molar-refractivity contribution in [1.29, 1.82) is 0 Å². The second kappa shape index (κ2) is 6.24. The quantitative estimate of drug-likeness (QED) is 0.781. The van der Waals surface area contributed by atoms with Gasteiger partial charge in [-0.2, -0.15) is 0 Å². The molecule has 3 aromatic heterocycles. The maximum Gasteiger partial charge on any atom is 0.236 e. The highest BCUT2D eigenvalue weighted by atomic mass is 32.1. The minimum absolute atomic E-state index is 0.0440. The first-order chi connectivity index (χ1) is 10.2. The van der Waals surface area contributed by atoms with Gasteiger partial charge in [-0.25, -0.2) is 4.98 Å². The van der Waals surface area contributed by atoms with Crippen LogP contribution in [0.25, 0.3) is 10.8 Å². The summed E-state index contributed by atoms with van der Waals surface area (Å²) in [4.78, 5) is 18.5. The van der Waals surface area contributed by atoms with Crippen LogP contribution in [0.1, 0.15) is 16.3 Å². The molecule has 108 valence electrons. The van der Waals surface area contributed by atoms with Crippen LogP contribution in [0.3, 0.4) is 0 Å². The first kappa shape index (κ1) is 14.0. The van der Waals surface area contributed by atoms with Crippen LogP contribution in [0.15, 0.2) is 39.4 Å². The normalized spacial score (nSPS) is 10.7. The summed E-state index contributed by atoms with van der Waals surface area (Å²) in [7, 11) is 0. The van der Waals surface area contributed by atoms with Gasteiger partial charge < -0.3 is 9.73 Å². The SMILES string of the molecule is Cc1oc(-c2cccs2)nc1CC(=O)NCc1cccs1. The predicted molar refractivity (Wildman–Crippen MR) is 84.4 cm³/mol. The van der Waals surface area contributed by atoms with E-state index in [1.165, 1.54) is 0 Å². The van der Waals surface area contributed by atoms with E-state index in [-0.39, 0.29) is 12.3 Å². The third kappa shape index (κ3) is 3.40. The minimum atomic E-state index is -0.0440. The predicted octanol–water partition coefficient (Wildman–Crippen LogP) is 3.63. The van der Waals surface area contributed by atoms with Crippen molar-refractivity contribution >= 4 is 28.6 Å². The highest BCUT2D eigenvalue weighted by Gasteiger charge is 2.15. The molecule has 3 heterocycles. The Balaban J connectivity index is 1.63. The van der Waals surface area contributed by atoms with E-state index in [1.807, 2.05) is 41.9 Å². The van der Waals surface area contributed by atoms with Crippen molar-refractivity contribution in [3.05, 3.63) is 51.4 Å². The molecule has 0 atom stereocenters. The molecule has 0 aliphatic carbocycles. The van der Waals surface area contributed by atoms with E-state index < -0.39 is 0 Å². The van der Waals surface area contributed by atoms with Gasteiger partial charge in [-0.1, -0.05) is 12.1 Å². The molecule has 0 fully saturated rings. The maximum absolute atomic E-state index is 12.0. The van der Waals surface area contributed by atoms with Crippen molar-refractivity contribution in [3.8, 4) is 10.8 Å². The summed E-state index contributed by atoms with van der Waals surface area (Å²) in [6, 6.07) is 7.88. The molecule has 0 saturated heterocycles. The van der Waals surface area contributed by atoms with E-state index in [4.69, 9.17) is 4.42 Å². The maximum atomic E-state index is 12.0. The van der Waals surface area contributed by atoms with E-state index in [1.54, 1.807) is 22.7 Å². The molecule has 1 amide bonds. The molecule has 0 saturated carbocycles. The largest absolute Gasteiger partial charge is 0.440 e. The van der Waals surface area contributed by atoms with Gasteiger partial charge in [-0.15, -0.1) is 22.7 Å². The average molecular weight is 318 g/mol. The van der Waals surface area contributed by atoms with Crippen molar-refractivity contribution < 1.29 is 9.21 Å². The van der Waals surface area contributed by atoms with Crippen molar-refractivity contribution in [2.24, 2.45) is 0 Å². The van der Waals surface area contributed by atoms with Gasteiger partial charge in [-0.3, -0.25) is 4.79 Å². The van der Waals surface area contributed by atoms with Gasteiger partial charge in [0.2, 0.25) is 11.8 Å². The summed E-state index contributed by atoms with van der Waals surface area (Å²) in [5, 5.41) is 6.87. The van der Waals surface area contributed by atoms with E-state index in [9.17, 15) is 4.79 Å². The van der Waals surface area contributed by atoms with Crippen LogP contribution in [-0.2, 0) is 17.8 Å². The number of hydrogen-bond acceptors (Lipinski definition) is 5. The number of aryl methyl sites for hydroxylation is 1. The molecule has 0 unspecified atom stereocenters. The molecule has 0 radical (unpaired) electrons. The minimum Gasteiger partial charge on any atom is -0.440 e. The van der Waals surface area contributed by atoms with Crippen LogP contribution < -0.4 is 5.32 Å². The molecule has 0 bridgehead atoms. The fraction of sp³-hybridized carbons (Fsp3) is 0.200. The highest BCUT2D eigenvalue weighted by molar-refractivity contribution is 7.13. The lowest BCUT2D eigenvalue weighted by Crippen LogP contribution is -2.24. The standard InChI is InChI=1S/C15H14N2O2S2/c1-10-12(17-15(19-10)13-5-3-7-21-13)8-14(18)16-9-11-4-2-6-20-11/h2-7H,8-9H2,1H3,(H,16,18). The Hall–Kier alpha value is -1.92. The molecular weight excluding hydrogens is 304 g/mol. The topological polar surface area (TPSA) is 55.1 Å². The van der Waals surface area contributed by atoms with E-state index in [0.29, 0.717) is 23.9 Å². The van der Waals surface area contributed by atoms with Gasteiger partial charge in [0.25, 0.3) is 0 Å². The molecule has 1 N–H and O–H groups in total. The Labute approximate surface area is 130 Å². The Kier molecular flexibility index (Phi) is 4.17. The number of carbonyl (C=O) groups is 1. The fourth-order valence-corrected chi connectivity index (χ4v) is 3.20. The van der Waals surface area contributed by atoms with Crippen molar-refractivity contribution in [1.82, 2.24) is 10.3 Å². The summed E-state index contributed by atoms with van der Waals surface area (Å²) in [6.45, 7) is 2.40. The van der Waals surface area contributed by atoms with Crippen LogP contribution in [0.5, 0.6) is 0 Å². The molecule has 3 aromatic rings. The Morgan fingerprint density at radius 2 is 2.10 bits per heavy atom. The van der Waals surface area contributed by atoms with Gasteiger partial charge in [0, 0.05) is 4.88 Å². The number of oxazole rings is 1. The number of rotatable bonds is 5. The smallest absolute Gasteiger partial charge is 0.236 e. The molecule has 4 nitrogen and oxygen atoms in total. The molecule has 0 aromatic carbocycles. The summed E-state index contributed by atoms with van der Waals surface area (Å²) < 4.78 is 5.63. The van der Waals surface area contributed by atoms with Crippen LogP contribution in [-0.4, -0.2) is 10.9 Å². The molecule has 0 aliphatic rings. The van der Waals surface area contributed by atoms with Gasteiger partial charge in [0.05, 0.1) is 23.5 Å². The van der Waals surface area contributed by atoms with E-state index >= 15 is 0 Å². The first-order valence-corrected chi connectivity index (χ1v) is 8.27. The average Bonchev–Trinajstić information content (AvgIpc) is 3.18. The zero-order valence-electron chi connectivity index (χ0n) is 11.5. The lowest BCUT2D eigenvalue weighted by atomic mass is 10.2. The number of carbonyl (C=O) groups excluding carboxylic acids is 1. The van der Waals surface area contributed by atoms with E-state index in [2.05, 4.69) is 10.3 Å². The Morgan fingerprint density at radius 3 is 2.81 bits per heavy atom. The molecule has 6 heteroatoms. The van der Waals surface area contributed by atoms with Gasteiger partial charge in [0.15, 0.2) is 0 Å². The van der Waals surface area contributed by atoms with Crippen molar-refractivity contribution in [3.63, 3.8) is 0 Å². The number of nitrogens with zero attached hydrogens (tertiary/aromatic N) is 1. The van der Waals surface area contributed by atoms with Crippen LogP contribution >= 0.6 is 22.7 Å². The monoisotopic (exact) mass is 318 g/mol. The summed E-state index contributed by atoms with van der Waals surface area (Å²) in [5.41, 5.74) is 0.696. The lowest BCUT2D eigenvalue weighted by molar-refractivity contribution is -0.120. The zero-order valence-corrected chi connectivity index (χ0v) is 13.1. The number of nitrogens with one attached hydrogen (secondary N) is 1. The zero-order chi connectivity index (χ0) is 14.7. The molecule has 0 aliphatic heterocycles. The number of amides is 1. The second-order valence-corrected chi connectivity index (χ2v) is 6.51. The van der Waals surface area contributed by atoms with Crippen LogP contribution in [0.2, 0.25) is 0 Å². The molecule has 21 heavy (non-hydrogen) atoms. The fourth-order valence-electron chi connectivity index (χ4n) is 1.91. The van der Waals surface area contributed by atoms with Crippen molar-refractivity contribution in [2.45, 2.75) is 19.9 Å². The van der Waals surface area contributed by atoms with Crippen LogP contribution in [0, 0.1) is 6.92 Å². The third-order valence-corrected chi connectivity index (χ3v) is 4.73. The third-order valence-electron chi connectivity index (χ3n) is 2.99. The second-order valence-electron chi connectivity index (χ2n) is 4.53. The summed E-state index contributed by atoms with van der Waals surface area (Å²) in [6.07, 6.45) is 0.242. The molecule has 0 spiro atoms.